The monoisotopic (exact) mass is 194 g/mol. The SMILES string of the molecule is CC(=O)CCCn1nc(C)c(C)c1C. The summed E-state index contributed by atoms with van der Waals surface area (Å²) in [5.41, 5.74) is 3.56. The Bertz CT molecular complexity index is 339. The minimum absolute atomic E-state index is 0.253. The van der Waals surface area contributed by atoms with Gasteiger partial charge in [-0.2, -0.15) is 5.10 Å². The molecule has 14 heavy (non-hydrogen) atoms. The van der Waals surface area contributed by atoms with Gasteiger partial charge in [0.25, 0.3) is 0 Å². The molecule has 0 aliphatic rings. The molecule has 1 aromatic heterocycles. The summed E-state index contributed by atoms with van der Waals surface area (Å²) < 4.78 is 1.99. The van der Waals surface area contributed by atoms with Gasteiger partial charge in [0.1, 0.15) is 5.78 Å². The van der Waals surface area contributed by atoms with Gasteiger partial charge >= 0.3 is 0 Å². The molecular weight excluding hydrogens is 176 g/mol. The highest BCUT2D eigenvalue weighted by molar-refractivity contribution is 5.75. The Morgan fingerprint density at radius 3 is 2.43 bits per heavy atom. The van der Waals surface area contributed by atoms with Crippen LogP contribution in [0.3, 0.4) is 0 Å². The Morgan fingerprint density at radius 2 is 2.00 bits per heavy atom. The van der Waals surface area contributed by atoms with Crippen LogP contribution in [0.5, 0.6) is 0 Å². The second-order valence-corrected chi connectivity index (χ2v) is 3.82. The second kappa shape index (κ2) is 4.40. The van der Waals surface area contributed by atoms with Gasteiger partial charge in [0.15, 0.2) is 0 Å². The summed E-state index contributed by atoms with van der Waals surface area (Å²) in [7, 11) is 0. The average molecular weight is 194 g/mol. The molecule has 1 heterocycles. The van der Waals surface area contributed by atoms with E-state index in [2.05, 4.69) is 18.9 Å². The number of carbonyl (C=O) groups is 1. The van der Waals surface area contributed by atoms with Gasteiger partial charge < -0.3 is 4.79 Å². The molecule has 0 fully saturated rings. The first-order chi connectivity index (χ1) is 6.52. The largest absolute Gasteiger partial charge is 0.300 e. The summed E-state index contributed by atoms with van der Waals surface area (Å²) in [6.07, 6.45) is 1.54. The molecule has 0 atom stereocenters. The van der Waals surface area contributed by atoms with Crippen LogP contribution in [0.1, 0.15) is 36.7 Å². The third-order valence-corrected chi connectivity index (χ3v) is 2.64. The van der Waals surface area contributed by atoms with E-state index >= 15 is 0 Å². The van der Waals surface area contributed by atoms with Gasteiger partial charge in [0.2, 0.25) is 0 Å². The van der Waals surface area contributed by atoms with Crippen LogP contribution in [0.15, 0.2) is 0 Å². The van der Waals surface area contributed by atoms with Crippen molar-refractivity contribution in [2.45, 2.75) is 47.1 Å². The first-order valence-corrected chi connectivity index (χ1v) is 5.02. The lowest BCUT2D eigenvalue weighted by atomic mass is 10.2. The summed E-state index contributed by atoms with van der Waals surface area (Å²) in [4.78, 5) is 10.8. The highest BCUT2D eigenvalue weighted by Gasteiger charge is 2.06. The van der Waals surface area contributed by atoms with Gasteiger partial charge in [-0.3, -0.25) is 4.68 Å². The lowest BCUT2D eigenvalue weighted by Crippen LogP contribution is -2.04. The van der Waals surface area contributed by atoms with E-state index in [0.29, 0.717) is 6.42 Å². The molecule has 0 N–H and O–H groups in total. The van der Waals surface area contributed by atoms with Crippen LogP contribution in [-0.4, -0.2) is 15.6 Å². The molecule has 78 valence electrons. The van der Waals surface area contributed by atoms with Crippen molar-refractivity contribution in [1.29, 1.82) is 0 Å². The Morgan fingerprint density at radius 1 is 1.36 bits per heavy atom. The van der Waals surface area contributed by atoms with Crippen molar-refractivity contribution in [2.75, 3.05) is 0 Å². The van der Waals surface area contributed by atoms with Crippen molar-refractivity contribution in [3.63, 3.8) is 0 Å². The molecule has 0 amide bonds. The Hall–Kier alpha value is -1.12. The Kier molecular flexibility index (Phi) is 3.44. The predicted octanol–water partition coefficient (Wildman–Crippen LogP) is 2.18. The van der Waals surface area contributed by atoms with Crippen molar-refractivity contribution in [1.82, 2.24) is 9.78 Å². The average Bonchev–Trinajstić information content (AvgIpc) is 2.33. The number of aromatic nitrogens is 2. The fraction of sp³-hybridized carbons (Fsp3) is 0.636. The van der Waals surface area contributed by atoms with Crippen LogP contribution in [0.2, 0.25) is 0 Å². The van der Waals surface area contributed by atoms with Gasteiger partial charge in [-0.15, -0.1) is 0 Å². The molecule has 0 unspecified atom stereocenters. The van der Waals surface area contributed by atoms with Gasteiger partial charge in [-0.05, 0) is 39.7 Å². The molecule has 0 spiro atoms. The summed E-state index contributed by atoms with van der Waals surface area (Å²) in [5.74, 6) is 0.253. The number of hydrogen-bond acceptors (Lipinski definition) is 2. The van der Waals surface area contributed by atoms with Gasteiger partial charge in [0, 0.05) is 18.7 Å². The molecule has 0 saturated carbocycles. The topological polar surface area (TPSA) is 34.9 Å². The number of rotatable bonds is 4. The third kappa shape index (κ3) is 2.44. The van der Waals surface area contributed by atoms with Crippen LogP contribution < -0.4 is 0 Å². The minimum atomic E-state index is 0.253. The zero-order chi connectivity index (χ0) is 10.7. The molecule has 0 aliphatic heterocycles. The quantitative estimate of drug-likeness (QED) is 0.736. The smallest absolute Gasteiger partial charge is 0.129 e. The Balaban J connectivity index is 2.59. The molecule has 3 nitrogen and oxygen atoms in total. The van der Waals surface area contributed by atoms with E-state index in [1.807, 2.05) is 11.6 Å². The summed E-state index contributed by atoms with van der Waals surface area (Å²) in [6, 6.07) is 0. The Labute approximate surface area is 85.1 Å². The van der Waals surface area contributed by atoms with E-state index in [4.69, 9.17) is 0 Å². The first-order valence-electron chi connectivity index (χ1n) is 5.02. The zero-order valence-electron chi connectivity index (χ0n) is 9.42. The number of carbonyl (C=O) groups excluding carboxylic acids is 1. The molecule has 0 aliphatic carbocycles. The summed E-state index contributed by atoms with van der Waals surface area (Å²) in [6.45, 7) is 8.65. The van der Waals surface area contributed by atoms with E-state index in [-0.39, 0.29) is 5.78 Å². The van der Waals surface area contributed by atoms with Crippen molar-refractivity contribution in [2.24, 2.45) is 0 Å². The predicted molar refractivity (Wildman–Crippen MR) is 56.4 cm³/mol. The summed E-state index contributed by atoms with van der Waals surface area (Å²) >= 11 is 0. The lowest BCUT2D eigenvalue weighted by Gasteiger charge is -2.02. The zero-order valence-corrected chi connectivity index (χ0v) is 9.42. The number of Topliss-reactive ketones (excluding diaryl/α,β-unsaturated/α-hetero) is 1. The maximum atomic E-state index is 10.8. The van der Waals surface area contributed by atoms with Crippen molar-refractivity contribution < 1.29 is 4.79 Å². The molecule has 3 heteroatoms. The second-order valence-electron chi connectivity index (χ2n) is 3.82. The van der Waals surface area contributed by atoms with Crippen molar-refractivity contribution in [3.8, 4) is 0 Å². The van der Waals surface area contributed by atoms with E-state index < -0.39 is 0 Å². The third-order valence-electron chi connectivity index (χ3n) is 2.64. The normalized spacial score (nSPS) is 10.6. The molecular formula is C11H18N2O. The van der Waals surface area contributed by atoms with Gasteiger partial charge in [-0.1, -0.05) is 0 Å². The maximum Gasteiger partial charge on any atom is 0.129 e. The van der Waals surface area contributed by atoms with E-state index in [0.717, 1.165) is 18.7 Å². The lowest BCUT2D eigenvalue weighted by molar-refractivity contribution is -0.117. The van der Waals surface area contributed by atoms with E-state index in [9.17, 15) is 4.79 Å². The number of aryl methyl sites for hydroxylation is 2. The number of ketones is 1. The maximum absolute atomic E-state index is 10.8. The molecule has 1 rings (SSSR count). The van der Waals surface area contributed by atoms with Crippen LogP contribution in [0, 0.1) is 20.8 Å². The first kappa shape index (κ1) is 11.0. The summed E-state index contributed by atoms with van der Waals surface area (Å²) in [5, 5.41) is 4.41. The fourth-order valence-corrected chi connectivity index (χ4v) is 1.48. The van der Waals surface area contributed by atoms with E-state index in [1.54, 1.807) is 6.92 Å². The number of hydrogen-bond donors (Lipinski definition) is 0. The highest BCUT2D eigenvalue weighted by atomic mass is 16.1. The van der Waals surface area contributed by atoms with Crippen LogP contribution >= 0.6 is 0 Å². The van der Waals surface area contributed by atoms with E-state index in [1.165, 1.54) is 11.3 Å². The minimum Gasteiger partial charge on any atom is -0.300 e. The molecule has 0 saturated heterocycles. The van der Waals surface area contributed by atoms with Gasteiger partial charge in [-0.25, -0.2) is 0 Å². The number of nitrogens with zero attached hydrogens (tertiary/aromatic N) is 2. The standard InChI is InChI=1S/C11H18N2O/c1-8(14)6-5-7-13-11(4)9(2)10(3)12-13/h5-7H2,1-4H3. The molecule has 0 aromatic carbocycles. The van der Waals surface area contributed by atoms with Crippen LogP contribution in [-0.2, 0) is 11.3 Å². The molecule has 0 bridgehead atoms. The van der Waals surface area contributed by atoms with Crippen LogP contribution in [0.4, 0.5) is 0 Å². The fourth-order valence-electron chi connectivity index (χ4n) is 1.48. The molecule has 1 aromatic rings. The van der Waals surface area contributed by atoms with Crippen molar-refractivity contribution >= 4 is 5.78 Å². The molecule has 0 radical (unpaired) electrons. The van der Waals surface area contributed by atoms with Crippen molar-refractivity contribution in [3.05, 3.63) is 17.0 Å². The van der Waals surface area contributed by atoms with Crippen LogP contribution in [0.25, 0.3) is 0 Å². The highest BCUT2D eigenvalue weighted by Crippen LogP contribution is 2.11. The van der Waals surface area contributed by atoms with Gasteiger partial charge in [0.05, 0.1) is 5.69 Å².